The van der Waals surface area contributed by atoms with Crippen LogP contribution in [0.3, 0.4) is 0 Å². The molecule has 1 fully saturated rings. The molecule has 2 heterocycles. The van der Waals surface area contributed by atoms with E-state index in [1.165, 1.54) is 0 Å². The molecular weight excluding hydrogens is 344 g/mol. The third-order valence-corrected chi connectivity index (χ3v) is 4.99. The Kier molecular flexibility index (Phi) is 5.60. The molecule has 1 aromatic carbocycles. The summed E-state index contributed by atoms with van der Waals surface area (Å²) < 4.78 is 5.28. The molecule has 0 spiro atoms. The lowest BCUT2D eigenvalue weighted by Crippen LogP contribution is -2.39. The van der Waals surface area contributed by atoms with E-state index in [2.05, 4.69) is 10.3 Å². The quantitative estimate of drug-likeness (QED) is 0.734. The number of benzene rings is 1. The predicted octanol–water partition coefficient (Wildman–Crippen LogP) is 2.61. The van der Waals surface area contributed by atoms with Gasteiger partial charge in [-0.05, 0) is 42.5 Å². The number of carbonyl (C=O) groups is 2. The van der Waals surface area contributed by atoms with Gasteiger partial charge in [0.2, 0.25) is 5.91 Å². The smallest absolute Gasteiger partial charge is 0.308 e. The second kappa shape index (κ2) is 7.89. The fraction of sp³-hybridized carbons (Fsp3) is 0.444. The Morgan fingerprint density at radius 1 is 1.36 bits per heavy atom. The van der Waals surface area contributed by atoms with Gasteiger partial charge in [-0.25, -0.2) is 0 Å². The molecule has 0 saturated carbocycles. The summed E-state index contributed by atoms with van der Waals surface area (Å²) in [6.07, 6.45) is 3.40. The van der Waals surface area contributed by atoms with E-state index in [1.807, 2.05) is 12.1 Å². The molecular formula is C18H21ClN2O4. The topological polar surface area (TPSA) is 91.4 Å². The highest BCUT2D eigenvalue weighted by atomic mass is 35.5. The number of aliphatic carboxylic acids is 1. The summed E-state index contributed by atoms with van der Waals surface area (Å²) in [5.74, 6) is -1.60. The van der Waals surface area contributed by atoms with Gasteiger partial charge in [0.1, 0.15) is 0 Å². The standard InChI is InChI=1S/C18H21ClN2O4/c19-13-1-2-16-14(8-13)12(9-20-16)7-17(22)21-10-15(18(23)24)11-3-5-25-6-4-11/h1-2,8-9,11,15,20H,3-7,10H2,(H,21,22)(H,23,24). The summed E-state index contributed by atoms with van der Waals surface area (Å²) in [5, 5.41) is 13.7. The maximum absolute atomic E-state index is 12.3. The van der Waals surface area contributed by atoms with Crippen molar-refractivity contribution in [2.75, 3.05) is 19.8 Å². The van der Waals surface area contributed by atoms with Crippen molar-refractivity contribution in [1.29, 1.82) is 0 Å². The number of hydrogen-bond donors (Lipinski definition) is 3. The molecule has 1 aliphatic heterocycles. The molecule has 3 rings (SSSR count). The van der Waals surface area contributed by atoms with E-state index >= 15 is 0 Å². The van der Waals surface area contributed by atoms with E-state index in [1.54, 1.807) is 12.3 Å². The van der Waals surface area contributed by atoms with Crippen molar-refractivity contribution >= 4 is 34.4 Å². The molecule has 1 amide bonds. The van der Waals surface area contributed by atoms with Crippen molar-refractivity contribution in [2.45, 2.75) is 19.3 Å². The zero-order valence-electron chi connectivity index (χ0n) is 13.8. The largest absolute Gasteiger partial charge is 0.481 e. The minimum atomic E-state index is -0.869. The monoisotopic (exact) mass is 364 g/mol. The first-order chi connectivity index (χ1) is 12.0. The Balaban J connectivity index is 1.61. The second-order valence-corrected chi connectivity index (χ2v) is 6.82. The minimum Gasteiger partial charge on any atom is -0.481 e. The van der Waals surface area contributed by atoms with Gasteiger partial charge < -0.3 is 20.1 Å². The summed E-state index contributed by atoms with van der Waals surface area (Å²) in [5.41, 5.74) is 1.76. The molecule has 0 bridgehead atoms. The molecule has 2 aromatic rings. The number of carboxylic acids is 1. The highest BCUT2D eigenvalue weighted by Crippen LogP contribution is 2.24. The van der Waals surface area contributed by atoms with Crippen molar-refractivity contribution in [2.24, 2.45) is 11.8 Å². The maximum Gasteiger partial charge on any atom is 0.308 e. The first-order valence-corrected chi connectivity index (χ1v) is 8.75. The van der Waals surface area contributed by atoms with Crippen LogP contribution in [0.2, 0.25) is 5.02 Å². The molecule has 1 atom stereocenters. The van der Waals surface area contributed by atoms with E-state index in [0.29, 0.717) is 31.1 Å². The Bertz CT molecular complexity index is 768. The van der Waals surface area contributed by atoms with Gasteiger partial charge in [-0.1, -0.05) is 11.6 Å². The fourth-order valence-electron chi connectivity index (χ4n) is 3.33. The number of aromatic amines is 1. The number of carboxylic acid groups (broad SMARTS) is 1. The van der Waals surface area contributed by atoms with Crippen LogP contribution in [0.25, 0.3) is 10.9 Å². The van der Waals surface area contributed by atoms with E-state index in [-0.39, 0.29) is 24.8 Å². The molecule has 1 aliphatic rings. The molecule has 7 heteroatoms. The van der Waals surface area contributed by atoms with Crippen molar-refractivity contribution in [3.8, 4) is 0 Å². The average Bonchev–Trinajstić information content (AvgIpc) is 2.98. The Hall–Kier alpha value is -2.05. The number of carbonyl (C=O) groups excluding carboxylic acids is 1. The zero-order chi connectivity index (χ0) is 17.8. The third-order valence-electron chi connectivity index (χ3n) is 4.75. The number of fused-ring (bicyclic) bond motifs is 1. The normalized spacial score (nSPS) is 16.7. The van der Waals surface area contributed by atoms with Crippen LogP contribution < -0.4 is 5.32 Å². The molecule has 1 aromatic heterocycles. The number of ether oxygens (including phenoxy) is 1. The van der Waals surface area contributed by atoms with Gasteiger partial charge in [-0.3, -0.25) is 9.59 Å². The Labute approximate surface area is 150 Å². The average molecular weight is 365 g/mol. The highest BCUT2D eigenvalue weighted by Gasteiger charge is 2.30. The van der Waals surface area contributed by atoms with Crippen LogP contribution in [0.15, 0.2) is 24.4 Å². The van der Waals surface area contributed by atoms with Crippen LogP contribution in [-0.4, -0.2) is 41.7 Å². The number of hydrogen-bond acceptors (Lipinski definition) is 3. The minimum absolute atomic E-state index is 0.0402. The van der Waals surface area contributed by atoms with E-state index in [4.69, 9.17) is 16.3 Å². The van der Waals surface area contributed by atoms with Crippen LogP contribution >= 0.6 is 11.6 Å². The van der Waals surface area contributed by atoms with Crippen molar-refractivity contribution in [3.63, 3.8) is 0 Å². The third kappa shape index (κ3) is 4.32. The van der Waals surface area contributed by atoms with Gasteiger partial charge in [0.05, 0.1) is 12.3 Å². The molecule has 134 valence electrons. The van der Waals surface area contributed by atoms with Gasteiger partial charge in [0.25, 0.3) is 0 Å². The molecule has 0 radical (unpaired) electrons. The summed E-state index contributed by atoms with van der Waals surface area (Å²) in [4.78, 5) is 26.9. The Morgan fingerprint density at radius 2 is 2.12 bits per heavy atom. The summed E-state index contributed by atoms with van der Waals surface area (Å²) >= 11 is 6.02. The molecule has 0 aliphatic carbocycles. The summed E-state index contributed by atoms with van der Waals surface area (Å²) in [6.45, 7) is 1.30. The van der Waals surface area contributed by atoms with Crippen molar-refractivity contribution in [1.82, 2.24) is 10.3 Å². The van der Waals surface area contributed by atoms with Crippen LogP contribution in [-0.2, 0) is 20.7 Å². The number of rotatable bonds is 6. The lowest BCUT2D eigenvalue weighted by molar-refractivity contribution is -0.144. The van der Waals surface area contributed by atoms with E-state index in [0.717, 1.165) is 16.5 Å². The van der Waals surface area contributed by atoms with Crippen LogP contribution in [0, 0.1) is 11.8 Å². The lowest BCUT2D eigenvalue weighted by Gasteiger charge is -2.27. The van der Waals surface area contributed by atoms with Gasteiger partial charge >= 0.3 is 5.97 Å². The van der Waals surface area contributed by atoms with Crippen LogP contribution in [0.1, 0.15) is 18.4 Å². The van der Waals surface area contributed by atoms with E-state index < -0.39 is 11.9 Å². The van der Waals surface area contributed by atoms with Crippen molar-refractivity contribution < 1.29 is 19.4 Å². The number of aromatic nitrogens is 1. The van der Waals surface area contributed by atoms with Gasteiger partial charge in [0, 0.05) is 41.9 Å². The number of halogens is 1. The van der Waals surface area contributed by atoms with Crippen molar-refractivity contribution in [3.05, 3.63) is 35.0 Å². The molecule has 3 N–H and O–H groups in total. The van der Waals surface area contributed by atoms with Gasteiger partial charge in [-0.15, -0.1) is 0 Å². The first-order valence-electron chi connectivity index (χ1n) is 8.37. The predicted molar refractivity (Wildman–Crippen MR) is 94.7 cm³/mol. The molecule has 1 unspecified atom stereocenters. The SMILES string of the molecule is O=C(Cc1c[nH]c2ccc(Cl)cc12)NCC(C(=O)O)C1CCOCC1. The van der Waals surface area contributed by atoms with Crippen LogP contribution in [0.5, 0.6) is 0 Å². The second-order valence-electron chi connectivity index (χ2n) is 6.38. The summed E-state index contributed by atoms with van der Waals surface area (Å²) in [6, 6.07) is 5.47. The molecule has 25 heavy (non-hydrogen) atoms. The first kappa shape index (κ1) is 17.8. The summed E-state index contributed by atoms with van der Waals surface area (Å²) in [7, 11) is 0. The lowest BCUT2D eigenvalue weighted by atomic mass is 9.86. The number of nitrogens with one attached hydrogen (secondary N) is 2. The Morgan fingerprint density at radius 3 is 2.84 bits per heavy atom. The van der Waals surface area contributed by atoms with Gasteiger partial charge in [0.15, 0.2) is 0 Å². The maximum atomic E-state index is 12.3. The number of H-pyrrole nitrogens is 1. The highest BCUT2D eigenvalue weighted by molar-refractivity contribution is 6.31. The van der Waals surface area contributed by atoms with E-state index in [9.17, 15) is 14.7 Å². The molecule has 6 nitrogen and oxygen atoms in total. The van der Waals surface area contributed by atoms with Crippen LogP contribution in [0.4, 0.5) is 0 Å². The zero-order valence-corrected chi connectivity index (χ0v) is 14.5. The fourth-order valence-corrected chi connectivity index (χ4v) is 3.50. The van der Waals surface area contributed by atoms with Gasteiger partial charge in [-0.2, -0.15) is 0 Å². The number of amides is 1. The molecule has 1 saturated heterocycles.